The maximum atomic E-state index is 11.3. The smallest absolute Gasteiger partial charge is 0.330 e. The molecular formula is C16H30O2. The van der Waals surface area contributed by atoms with Crippen molar-refractivity contribution in [2.24, 2.45) is 0 Å². The SMILES string of the molecule is C=CC(=O)OC(C)(CC)CCCCCCCCC. The van der Waals surface area contributed by atoms with E-state index in [0.29, 0.717) is 0 Å². The summed E-state index contributed by atoms with van der Waals surface area (Å²) in [5.41, 5.74) is -0.311. The van der Waals surface area contributed by atoms with Crippen LogP contribution in [0.5, 0.6) is 0 Å². The van der Waals surface area contributed by atoms with Crippen molar-refractivity contribution >= 4 is 5.97 Å². The second-order valence-corrected chi connectivity index (χ2v) is 5.30. The fraction of sp³-hybridized carbons (Fsp3) is 0.812. The average Bonchev–Trinajstić information content (AvgIpc) is 2.37. The van der Waals surface area contributed by atoms with Crippen LogP contribution < -0.4 is 0 Å². The lowest BCUT2D eigenvalue weighted by atomic mass is 9.94. The van der Waals surface area contributed by atoms with Crippen molar-refractivity contribution in [2.45, 2.75) is 84.2 Å². The van der Waals surface area contributed by atoms with E-state index in [-0.39, 0.29) is 11.6 Å². The van der Waals surface area contributed by atoms with Crippen LogP contribution in [0.1, 0.15) is 78.6 Å². The van der Waals surface area contributed by atoms with Gasteiger partial charge in [-0.25, -0.2) is 4.79 Å². The third-order valence-electron chi connectivity index (χ3n) is 3.57. The van der Waals surface area contributed by atoms with Gasteiger partial charge in [0.05, 0.1) is 0 Å². The second-order valence-electron chi connectivity index (χ2n) is 5.30. The number of carbonyl (C=O) groups excluding carboxylic acids is 1. The van der Waals surface area contributed by atoms with Crippen LogP contribution in [0.25, 0.3) is 0 Å². The number of hydrogen-bond donors (Lipinski definition) is 0. The Hall–Kier alpha value is -0.790. The summed E-state index contributed by atoms with van der Waals surface area (Å²) in [7, 11) is 0. The quantitative estimate of drug-likeness (QED) is 0.294. The van der Waals surface area contributed by atoms with Crippen LogP contribution in [0.2, 0.25) is 0 Å². The number of esters is 1. The second kappa shape index (κ2) is 10.2. The molecule has 0 saturated carbocycles. The third-order valence-corrected chi connectivity index (χ3v) is 3.57. The third kappa shape index (κ3) is 8.32. The molecule has 18 heavy (non-hydrogen) atoms. The van der Waals surface area contributed by atoms with Crippen LogP contribution in [0.4, 0.5) is 0 Å². The van der Waals surface area contributed by atoms with E-state index < -0.39 is 0 Å². The topological polar surface area (TPSA) is 26.3 Å². The summed E-state index contributed by atoms with van der Waals surface area (Å²) in [6, 6.07) is 0. The Balaban J connectivity index is 3.72. The van der Waals surface area contributed by atoms with E-state index in [1.165, 1.54) is 44.6 Å². The van der Waals surface area contributed by atoms with Crippen molar-refractivity contribution in [3.8, 4) is 0 Å². The molecule has 0 bridgehead atoms. The summed E-state index contributed by atoms with van der Waals surface area (Å²) in [5, 5.41) is 0. The van der Waals surface area contributed by atoms with Crippen molar-refractivity contribution in [3.63, 3.8) is 0 Å². The highest BCUT2D eigenvalue weighted by molar-refractivity contribution is 5.81. The molecule has 0 aromatic rings. The molecule has 0 spiro atoms. The van der Waals surface area contributed by atoms with E-state index in [1.807, 2.05) is 6.92 Å². The number of hydrogen-bond acceptors (Lipinski definition) is 2. The van der Waals surface area contributed by atoms with Crippen LogP contribution in [0.3, 0.4) is 0 Å². The molecule has 0 rings (SSSR count). The van der Waals surface area contributed by atoms with Gasteiger partial charge >= 0.3 is 5.97 Å². The first-order valence-corrected chi connectivity index (χ1v) is 7.43. The molecule has 0 radical (unpaired) electrons. The van der Waals surface area contributed by atoms with Crippen molar-refractivity contribution in [2.75, 3.05) is 0 Å². The van der Waals surface area contributed by atoms with Gasteiger partial charge in [-0.15, -0.1) is 0 Å². The van der Waals surface area contributed by atoms with E-state index in [9.17, 15) is 4.79 Å². The molecule has 106 valence electrons. The molecule has 0 aromatic carbocycles. The Morgan fingerprint density at radius 3 is 2.17 bits per heavy atom. The summed E-state index contributed by atoms with van der Waals surface area (Å²) in [6.45, 7) is 9.77. The molecule has 0 saturated heterocycles. The van der Waals surface area contributed by atoms with Crippen LogP contribution in [0, 0.1) is 0 Å². The Bertz CT molecular complexity index is 235. The Morgan fingerprint density at radius 2 is 1.67 bits per heavy atom. The van der Waals surface area contributed by atoms with Gasteiger partial charge in [0.15, 0.2) is 0 Å². The highest BCUT2D eigenvalue weighted by Gasteiger charge is 2.24. The molecule has 0 aliphatic carbocycles. The van der Waals surface area contributed by atoms with Gasteiger partial charge in [0.25, 0.3) is 0 Å². The predicted molar refractivity (Wildman–Crippen MR) is 77.6 cm³/mol. The standard InChI is InChI=1S/C16H30O2/c1-5-8-9-10-11-12-13-14-16(4,7-3)18-15(17)6-2/h6H,2,5,7-14H2,1,3-4H3. The van der Waals surface area contributed by atoms with Crippen LogP contribution in [-0.4, -0.2) is 11.6 Å². The molecule has 2 nitrogen and oxygen atoms in total. The number of ether oxygens (including phenoxy) is 1. The van der Waals surface area contributed by atoms with Gasteiger partial charge in [0.2, 0.25) is 0 Å². The fourth-order valence-corrected chi connectivity index (χ4v) is 2.04. The highest BCUT2D eigenvalue weighted by atomic mass is 16.6. The Labute approximate surface area is 113 Å². The van der Waals surface area contributed by atoms with E-state index in [0.717, 1.165) is 19.3 Å². The predicted octanol–water partition coefficient (Wildman–Crippen LogP) is 5.03. The zero-order valence-electron chi connectivity index (χ0n) is 12.5. The van der Waals surface area contributed by atoms with Gasteiger partial charge in [-0.3, -0.25) is 0 Å². The average molecular weight is 254 g/mol. The molecule has 0 amide bonds. The maximum Gasteiger partial charge on any atom is 0.330 e. The molecule has 0 aromatic heterocycles. The first-order valence-electron chi connectivity index (χ1n) is 7.43. The molecule has 0 heterocycles. The molecule has 1 unspecified atom stereocenters. The van der Waals surface area contributed by atoms with E-state index in [2.05, 4.69) is 20.4 Å². The van der Waals surface area contributed by atoms with Crippen molar-refractivity contribution in [1.29, 1.82) is 0 Å². The van der Waals surface area contributed by atoms with E-state index in [4.69, 9.17) is 4.74 Å². The molecule has 0 aliphatic heterocycles. The Morgan fingerprint density at radius 1 is 1.11 bits per heavy atom. The lowest BCUT2D eigenvalue weighted by Crippen LogP contribution is -2.30. The van der Waals surface area contributed by atoms with E-state index in [1.54, 1.807) is 0 Å². The monoisotopic (exact) mass is 254 g/mol. The number of carbonyl (C=O) groups is 1. The number of rotatable bonds is 11. The van der Waals surface area contributed by atoms with Gasteiger partial charge in [0, 0.05) is 6.08 Å². The van der Waals surface area contributed by atoms with Crippen LogP contribution in [-0.2, 0) is 9.53 Å². The van der Waals surface area contributed by atoms with Crippen molar-refractivity contribution < 1.29 is 9.53 Å². The summed E-state index contributed by atoms with van der Waals surface area (Å²) >= 11 is 0. The van der Waals surface area contributed by atoms with Gasteiger partial charge in [-0.1, -0.05) is 59.0 Å². The minimum absolute atomic E-state index is 0.303. The zero-order chi connectivity index (χ0) is 13.9. The van der Waals surface area contributed by atoms with Gasteiger partial charge in [0.1, 0.15) is 5.60 Å². The minimum atomic E-state index is -0.311. The lowest BCUT2D eigenvalue weighted by Gasteiger charge is -2.27. The molecule has 1 atom stereocenters. The van der Waals surface area contributed by atoms with Crippen molar-refractivity contribution in [1.82, 2.24) is 0 Å². The molecule has 2 heteroatoms. The molecular weight excluding hydrogens is 224 g/mol. The van der Waals surface area contributed by atoms with Gasteiger partial charge in [-0.2, -0.15) is 0 Å². The highest BCUT2D eigenvalue weighted by Crippen LogP contribution is 2.24. The maximum absolute atomic E-state index is 11.3. The van der Waals surface area contributed by atoms with Crippen molar-refractivity contribution in [3.05, 3.63) is 12.7 Å². The van der Waals surface area contributed by atoms with Crippen LogP contribution >= 0.6 is 0 Å². The van der Waals surface area contributed by atoms with Crippen LogP contribution in [0.15, 0.2) is 12.7 Å². The molecule has 0 fully saturated rings. The molecule has 0 N–H and O–H groups in total. The normalized spacial score (nSPS) is 13.9. The minimum Gasteiger partial charge on any atom is -0.456 e. The lowest BCUT2D eigenvalue weighted by molar-refractivity contribution is -0.152. The first kappa shape index (κ1) is 17.2. The van der Waals surface area contributed by atoms with Gasteiger partial charge in [-0.05, 0) is 26.2 Å². The number of unbranched alkanes of at least 4 members (excludes halogenated alkanes) is 6. The van der Waals surface area contributed by atoms with E-state index >= 15 is 0 Å². The largest absolute Gasteiger partial charge is 0.456 e. The Kier molecular flexibility index (Phi) is 9.72. The summed E-state index contributed by atoms with van der Waals surface area (Å²) in [4.78, 5) is 11.3. The molecule has 0 aliphatic rings. The first-order chi connectivity index (χ1) is 8.58. The summed E-state index contributed by atoms with van der Waals surface area (Å²) < 4.78 is 5.42. The summed E-state index contributed by atoms with van der Waals surface area (Å²) in [5.74, 6) is -0.303. The summed E-state index contributed by atoms with van der Waals surface area (Å²) in [6.07, 6.45) is 12.1. The fourth-order valence-electron chi connectivity index (χ4n) is 2.04. The van der Waals surface area contributed by atoms with Gasteiger partial charge < -0.3 is 4.74 Å². The zero-order valence-corrected chi connectivity index (χ0v) is 12.5.